The highest BCUT2D eigenvalue weighted by molar-refractivity contribution is 5.92. The fourth-order valence-corrected chi connectivity index (χ4v) is 3.90. The number of aromatic amines is 1. The quantitative estimate of drug-likeness (QED) is 0.778. The minimum Gasteiger partial charge on any atom is -0.375 e. The summed E-state index contributed by atoms with van der Waals surface area (Å²) < 4.78 is 19.2. The van der Waals surface area contributed by atoms with Crippen molar-refractivity contribution >= 4 is 17.5 Å². The molecule has 29 heavy (non-hydrogen) atoms. The van der Waals surface area contributed by atoms with Crippen LogP contribution in [0.3, 0.4) is 0 Å². The molecule has 2 N–H and O–H groups in total. The Hall–Kier alpha value is -2.74. The number of carbonyl (C=O) groups is 2. The van der Waals surface area contributed by atoms with Crippen molar-refractivity contribution in [1.82, 2.24) is 15.1 Å². The van der Waals surface area contributed by atoms with Gasteiger partial charge in [0.2, 0.25) is 11.8 Å². The molecule has 2 amide bonds. The monoisotopic (exact) mass is 402 g/mol. The van der Waals surface area contributed by atoms with E-state index in [0.717, 1.165) is 18.5 Å². The summed E-state index contributed by atoms with van der Waals surface area (Å²) in [7, 11) is 1.46. The van der Waals surface area contributed by atoms with Gasteiger partial charge in [-0.2, -0.15) is 5.10 Å². The lowest BCUT2D eigenvalue weighted by atomic mass is 9.81. The first-order valence-electron chi connectivity index (χ1n) is 9.71. The Morgan fingerprint density at radius 2 is 2.14 bits per heavy atom. The van der Waals surface area contributed by atoms with Gasteiger partial charge in [0, 0.05) is 31.7 Å². The van der Waals surface area contributed by atoms with Crippen LogP contribution in [0.4, 0.5) is 10.1 Å². The van der Waals surface area contributed by atoms with Gasteiger partial charge in [-0.15, -0.1) is 0 Å². The molecule has 156 valence electrons. The van der Waals surface area contributed by atoms with Crippen molar-refractivity contribution in [2.75, 3.05) is 32.1 Å². The minimum atomic E-state index is -0.975. The molecule has 7 nitrogen and oxygen atoms in total. The lowest BCUT2D eigenvalue weighted by Crippen LogP contribution is -2.47. The van der Waals surface area contributed by atoms with Crippen molar-refractivity contribution < 1.29 is 18.7 Å². The molecule has 0 saturated carbocycles. The number of halogens is 1. The van der Waals surface area contributed by atoms with Crippen molar-refractivity contribution in [3.05, 3.63) is 47.5 Å². The van der Waals surface area contributed by atoms with E-state index < -0.39 is 5.41 Å². The highest BCUT2D eigenvalue weighted by Gasteiger charge is 2.38. The first-order valence-corrected chi connectivity index (χ1v) is 9.71. The molecule has 1 aromatic carbocycles. The Bertz CT molecular complexity index is 880. The van der Waals surface area contributed by atoms with Gasteiger partial charge in [0.1, 0.15) is 12.4 Å². The van der Waals surface area contributed by atoms with Crippen molar-refractivity contribution in [3.8, 4) is 0 Å². The second kappa shape index (κ2) is 8.73. The van der Waals surface area contributed by atoms with E-state index in [4.69, 9.17) is 4.74 Å². The second-order valence-electron chi connectivity index (χ2n) is 7.87. The Morgan fingerprint density at radius 1 is 1.38 bits per heavy atom. The van der Waals surface area contributed by atoms with Crippen molar-refractivity contribution in [1.29, 1.82) is 0 Å². The molecule has 1 atom stereocenters. The Balaban J connectivity index is 1.76. The average Bonchev–Trinajstić information content (AvgIpc) is 3.16. The van der Waals surface area contributed by atoms with Gasteiger partial charge in [0.15, 0.2) is 0 Å². The summed E-state index contributed by atoms with van der Waals surface area (Å²) in [5.74, 6) is -0.753. The lowest BCUT2D eigenvalue weighted by molar-refractivity contribution is -0.137. The number of likely N-dealkylation sites (tertiary alicyclic amines) is 1. The fourth-order valence-electron chi connectivity index (χ4n) is 3.90. The molecule has 1 aliphatic rings. The van der Waals surface area contributed by atoms with E-state index in [9.17, 15) is 14.0 Å². The number of nitrogens with zero attached hydrogens (tertiary/aromatic N) is 2. The number of carbonyl (C=O) groups excluding carboxylic acids is 2. The summed E-state index contributed by atoms with van der Waals surface area (Å²) in [6.45, 7) is 4.56. The van der Waals surface area contributed by atoms with Crippen LogP contribution in [0.1, 0.15) is 43.9 Å². The number of H-pyrrole nitrogens is 1. The van der Waals surface area contributed by atoms with Crippen LogP contribution in [0.2, 0.25) is 0 Å². The van der Waals surface area contributed by atoms with Crippen LogP contribution in [0.5, 0.6) is 0 Å². The minimum absolute atomic E-state index is 0.00413. The zero-order valence-electron chi connectivity index (χ0n) is 17.0. The highest BCUT2D eigenvalue weighted by Crippen LogP contribution is 2.34. The van der Waals surface area contributed by atoms with Crippen molar-refractivity contribution in [3.63, 3.8) is 0 Å². The van der Waals surface area contributed by atoms with E-state index in [0.29, 0.717) is 24.3 Å². The summed E-state index contributed by atoms with van der Waals surface area (Å²) in [4.78, 5) is 26.9. The number of anilines is 1. The van der Waals surface area contributed by atoms with Crippen molar-refractivity contribution in [2.24, 2.45) is 0 Å². The predicted octanol–water partition coefficient (Wildman–Crippen LogP) is 2.82. The molecule has 1 saturated heterocycles. The molecular weight excluding hydrogens is 375 g/mol. The second-order valence-corrected chi connectivity index (χ2v) is 7.87. The average molecular weight is 402 g/mol. The summed E-state index contributed by atoms with van der Waals surface area (Å²) in [6, 6.07) is 6.40. The SMILES string of the molecule is COCC(=O)Nc1cn[nH]c1[C@H]1CCCN(C(=O)C(C)(C)c2ccccc2F)C1. The first-order chi connectivity index (χ1) is 13.8. The third-order valence-corrected chi connectivity index (χ3v) is 5.42. The molecule has 0 spiro atoms. The Kier molecular flexibility index (Phi) is 6.32. The van der Waals surface area contributed by atoms with E-state index in [1.54, 1.807) is 43.1 Å². The smallest absolute Gasteiger partial charge is 0.250 e. The van der Waals surface area contributed by atoms with Crippen LogP contribution < -0.4 is 5.32 Å². The van der Waals surface area contributed by atoms with Crippen LogP contribution in [-0.4, -0.2) is 53.7 Å². The molecular formula is C21H27FN4O3. The summed E-state index contributed by atoms with van der Waals surface area (Å²) in [5.41, 5.74) is 0.799. The van der Waals surface area contributed by atoms with Gasteiger partial charge in [0.25, 0.3) is 0 Å². The fraction of sp³-hybridized carbons (Fsp3) is 0.476. The number of methoxy groups -OCH3 is 1. The number of benzene rings is 1. The number of aromatic nitrogens is 2. The van der Waals surface area contributed by atoms with Gasteiger partial charge < -0.3 is 15.0 Å². The van der Waals surface area contributed by atoms with E-state index in [2.05, 4.69) is 15.5 Å². The lowest BCUT2D eigenvalue weighted by Gasteiger charge is -2.38. The maximum atomic E-state index is 14.3. The molecule has 0 bridgehead atoms. The van der Waals surface area contributed by atoms with Crippen LogP contribution in [0.25, 0.3) is 0 Å². The summed E-state index contributed by atoms with van der Waals surface area (Å²) in [6.07, 6.45) is 3.24. The number of rotatable bonds is 6. The number of ether oxygens (including phenoxy) is 1. The Labute approximate surface area is 169 Å². The third kappa shape index (κ3) is 4.48. The Morgan fingerprint density at radius 3 is 2.86 bits per heavy atom. The van der Waals surface area contributed by atoms with Gasteiger partial charge in [-0.3, -0.25) is 14.7 Å². The van der Waals surface area contributed by atoms with Gasteiger partial charge >= 0.3 is 0 Å². The maximum absolute atomic E-state index is 14.3. The molecule has 0 aliphatic carbocycles. The zero-order valence-corrected chi connectivity index (χ0v) is 17.0. The van der Waals surface area contributed by atoms with Gasteiger partial charge in [-0.05, 0) is 32.8 Å². The molecule has 0 unspecified atom stereocenters. The molecule has 1 fully saturated rings. The first kappa shape index (κ1) is 21.0. The standard InChI is InChI=1S/C21H27FN4O3/c1-21(2,15-8-4-5-9-16(15)22)20(28)26-10-6-7-14(12-26)19-17(11-23-25-19)24-18(27)13-29-3/h4-5,8-9,11,14H,6-7,10,12-13H2,1-3H3,(H,23,25)(H,24,27)/t14-/m0/s1. The molecule has 2 heterocycles. The van der Waals surface area contributed by atoms with Crippen LogP contribution in [0.15, 0.2) is 30.5 Å². The number of amides is 2. The van der Waals surface area contributed by atoms with E-state index in [1.165, 1.54) is 13.2 Å². The molecule has 3 rings (SSSR count). The van der Waals surface area contributed by atoms with Gasteiger partial charge in [0.05, 0.1) is 23.0 Å². The van der Waals surface area contributed by atoms with Crippen molar-refractivity contribution in [2.45, 2.75) is 38.0 Å². The largest absolute Gasteiger partial charge is 0.375 e. The molecule has 2 aromatic rings. The number of nitrogens with one attached hydrogen (secondary N) is 2. The van der Waals surface area contributed by atoms with Gasteiger partial charge in [-0.1, -0.05) is 18.2 Å². The number of hydrogen-bond acceptors (Lipinski definition) is 4. The van der Waals surface area contributed by atoms with E-state index >= 15 is 0 Å². The highest BCUT2D eigenvalue weighted by atomic mass is 19.1. The molecule has 1 aromatic heterocycles. The van der Waals surface area contributed by atoms with Crippen LogP contribution in [0, 0.1) is 5.82 Å². The van der Waals surface area contributed by atoms with E-state index in [1.807, 2.05) is 0 Å². The van der Waals surface area contributed by atoms with Crippen LogP contribution in [-0.2, 0) is 19.7 Å². The molecule has 8 heteroatoms. The normalized spacial score (nSPS) is 17.2. The molecule has 0 radical (unpaired) electrons. The third-order valence-electron chi connectivity index (χ3n) is 5.42. The topological polar surface area (TPSA) is 87.3 Å². The van der Waals surface area contributed by atoms with E-state index in [-0.39, 0.29) is 30.2 Å². The summed E-state index contributed by atoms with van der Waals surface area (Å²) in [5, 5.41) is 9.80. The van der Waals surface area contributed by atoms with Crippen LogP contribution >= 0.6 is 0 Å². The maximum Gasteiger partial charge on any atom is 0.250 e. The predicted molar refractivity (Wildman–Crippen MR) is 107 cm³/mol. The number of piperidine rings is 1. The van der Waals surface area contributed by atoms with Gasteiger partial charge in [-0.25, -0.2) is 4.39 Å². The molecule has 1 aliphatic heterocycles. The summed E-state index contributed by atoms with van der Waals surface area (Å²) >= 11 is 0. The number of hydrogen-bond donors (Lipinski definition) is 2. The zero-order chi connectivity index (χ0) is 21.0.